The molecule has 0 N–H and O–H groups in total. The third-order valence-electron chi connectivity index (χ3n) is 4.69. The molecule has 128 valence electrons. The van der Waals surface area contributed by atoms with Crippen molar-refractivity contribution in [2.45, 2.75) is 13.3 Å². The summed E-state index contributed by atoms with van der Waals surface area (Å²) in [6.07, 6.45) is 2.67. The monoisotopic (exact) mass is 341 g/mol. The van der Waals surface area contributed by atoms with Crippen LogP contribution in [0.4, 0.5) is 5.82 Å². The molecule has 4 rings (SSSR count). The highest BCUT2D eigenvalue weighted by Crippen LogP contribution is 2.28. The van der Waals surface area contributed by atoms with E-state index in [1.54, 1.807) is 0 Å². The number of aromatic nitrogens is 3. The summed E-state index contributed by atoms with van der Waals surface area (Å²) in [7, 11) is 2.07. The zero-order valence-electron chi connectivity index (χ0n) is 14.8. The number of nitrogens with zero attached hydrogens (tertiary/aromatic N) is 5. The molecule has 4 aromatic rings. The van der Waals surface area contributed by atoms with Gasteiger partial charge in [0.2, 0.25) is 0 Å². The van der Waals surface area contributed by atoms with Crippen LogP contribution in [0.2, 0.25) is 0 Å². The Morgan fingerprint density at radius 3 is 2.73 bits per heavy atom. The molecule has 26 heavy (non-hydrogen) atoms. The van der Waals surface area contributed by atoms with Crippen molar-refractivity contribution < 1.29 is 0 Å². The van der Waals surface area contributed by atoms with Crippen molar-refractivity contribution in [2.75, 3.05) is 18.5 Å². The molecule has 0 aliphatic rings. The maximum Gasteiger partial charge on any atom is 0.157 e. The third kappa shape index (κ3) is 2.66. The van der Waals surface area contributed by atoms with Crippen LogP contribution in [0.25, 0.3) is 16.7 Å². The zero-order valence-corrected chi connectivity index (χ0v) is 14.8. The Bertz CT molecular complexity index is 1120. The fourth-order valence-electron chi connectivity index (χ4n) is 3.29. The summed E-state index contributed by atoms with van der Waals surface area (Å²) in [4.78, 5) is 11.3. The van der Waals surface area contributed by atoms with Gasteiger partial charge in [-0.2, -0.15) is 5.26 Å². The molecule has 5 nitrogen and oxygen atoms in total. The van der Waals surface area contributed by atoms with Crippen LogP contribution in [0, 0.1) is 18.3 Å². The van der Waals surface area contributed by atoms with Gasteiger partial charge >= 0.3 is 0 Å². The summed E-state index contributed by atoms with van der Waals surface area (Å²) >= 11 is 0. The molecule has 1 aromatic carbocycles. The predicted octanol–water partition coefficient (Wildman–Crippen LogP) is 3.74. The fraction of sp³-hybridized carbons (Fsp3) is 0.190. The van der Waals surface area contributed by atoms with Crippen molar-refractivity contribution in [1.29, 1.82) is 5.26 Å². The van der Waals surface area contributed by atoms with E-state index in [0.29, 0.717) is 11.2 Å². The minimum atomic E-state index is 0.628. The first-order valence-electron chi connectivity index (χ1n) is 8.61. The summed E-state index contributed by atoms with van der Waals surface area (Å²) < 4.78 is 2.08. The van der Waals surface area contributed by atoms with Gasteiger partial charge < -0.3 is 4.90 Å². The number of likely N-dealkylation sites (N-methyl/N-ethyl adjacent to an activating group) is 1. The van der Waals surface area contributed by atoms with Gasteiger partial charge in [-0.05, 0) is 42.8 Å². The largest absolute Gasteiger partial charge is 0.360 e. The van der Waals surface area contributed by atoms with Crippen LogP contribution in [0.5, 0.6) is 0 Å². The maximum absolute atomic E-state index is 9.60. The van der Waals surface area contributed by atoms with E-state index < -0.39 is 0 Å². The first-order valence-corrected chi connectivity index (χ1v) is 8.61. The number of nitriles is 1. The number of imidazole rings is 1. The van der Waals surface area contributed by atoms with Crippen LogP contribution in [0.1, 0.15) is 16.8 Å². The molecule has 0 fully saturated rings. The molecule has 5 heteroatoms. The second kappa shape index (κ2) is 6.49. The Morgan fingerprint density at radius 1 is 1.15 bits per heavy atom. The van der Waals surface area contributed by atoms with Crippen LogP contribution in [0.15, 0.2) is 54.7 Å². The topological polar surface area (TPSA) is 57.2 Å². The van der Waals surface area contributed by atoms with Crippen LogP contribution < -0.4 is 4.90 Å². The van der Waals surface area contributed by atoms with Crippen LogP contribution in [-0.4, -0.2) is 28.0 Å². The van der Waals surface area contributed by atoms with Crippen molar-refractivity contribution in [3.8, 4) is 6.07 Å². The van der Waals surface area contributed by atoms with Crippen molar-refractivity contribution in [3.05, 3.63) is 71.5 Å². The van der Waals surface area contributed by atoms with E-state index in [-0.39, 0.29) is 0 Å². The Kier molecular flexibility index (Phi) is 4.02. The molecule has 0 saturated heterocycles. The second-order valence-corrected chi connectivity index (χ2v) is 6.42. The average Bonchev–Trinajstić information content (AvgIpc) is 3.05. The minimum absolute atomic E-state index is 0.628. The van der Waals surface area contributed by atoms with Gasteiger partial charge in [0.1, 0.15) is 11.9 Å². The molecule has 0 bridgehead atoms. The summed E-state index contributed by atoms with van der Waals surface area (Å²) in [5, 5.41) is 9.60. The number of fused-ring (bicyclic) bond motifs is 3. The Morgan fingerprint density at radius 2 is 1.96 bits per heavy atom. The van der Waals surface area contributed by atoms with Gasteiger partial charge in [0, 0.05) is 31.9 Å². The lowest BCUT2D eigenvalue weighted by Gasteiger charge is -2.22. The lowest BCUT2D eigenvalue weighted by molar-refractivity contribution is 0.833. The van der Waals surface area contributed by atoms with E-state index in [4.69, 9.17) is 4.98 Å². The Labute approximate surface area is 152 Å². The van der Waals surface area contributed by atoms with E-state index in [9.17, 15) is 5.26 Å². The van der Waals surface area contributed by atoms with Gasteiger partial charge in [0.15, 0.2) is 5.65 Å². The van der Waals surface area contributed by atoms with Crippen molar-refractivity contribution >= 4 is 22.5 Å². The molecule has 0 spiro atoms. The van der Waals surface area contributed by atoms with Crippen LogP contribution in [0.3, 0.4) is 0 Å². The summed E-state index contributed by atoms with van der Waals surface area (Å²) in [6.45, 7) is 2.79. The zero-order chi connectivity index (χ0) is 18.1. The standard InChI is InChI=1S/C21H19N5/c1-15-13-20(25(2)12-10-16-7-5-6-11-23-16)26-19-9-4-3-8-18(19)24-21(26)17(15)14-22/h3-9,11,13H,10,12H2,1-2H3. The van der Waals surface area contributed by atoms with Crippen LogP contribution in [-0.2, 0) is 6.42 Å². The molecule has 3 aromatic heterocycles. The van der Waals surface area contributed by atoms with E-state index in [0.717, 1.165) is 41.1 Å². The summed E-state index contributed by atoms with van der Waals surface area (Å²) in [5.41, 5.74) is 5.26. The molecule has 0 amide bonds. The molecule has 0 aliphatic heterocycles. The number of hydrogen-bond acceptors (Lipinski definition) is 4. The van der Waals surface area contributed by atoms with Crippen molar-refractivity contribution in [1.82, 2.24) is 14.4 Å². The molecule has 0 radical (unpaired) electrons. The lowest BCUT2D eigenvalue weighted by atomic mass is 10.1. The number of benzene rings is 1. The number of aryl methyl sites for hydroxylation is 1. The lowest BCUT2D eigenvalue weighted by Crippen LogP contribution is -2.23. The maximum atomic E-state index is 9.60. The number of hydrogen-bond donors (Lipinski definition) is 0. The summed E-state index contributed by atoms with van der Waals surface area (Å²) in [5.74, 6) is 1.03. The highest BCUT2D eigenvalue weighted by Gasteiger charge is 2.17. The van der Waals surface area contributed by atoms with Crippen molar-refractivity contribution in [2.24, 2.45) is 0 Å². The average molecular weight is 341 g/mol. The predicted molar refractivity (Wildman–Crippen MR) is 103 cm³/mol. The first kappa shape index (κ1) is 16.1. The van der Waals surface area contributed by atoms with Gasteiger partial charge in [0.05, 0.1) is 16.6 Å². The van der Waals surface area contributed by atoms with Crippen LogP contribution >= 0.6 is 0 Å². The Balaban J connectivity index is 1.82. The molecule has 3 heterocycles. The van der Waals surface area contributed by atoms with Gasteiger partial charge in [-0.3, -0.25) is 9.38 Å². The van der Waals surface area contributed by atoms with E-state index in [1.165, 1.54) is 0 Å². The number of anilines is 1. The fourth-order valence-corrected chi connectivity index (χ4v) is 3.29. The smallest absolute Gasteiger partial charge is 0.157 e. The minimum Gasteiger partial charge on any atom is -0.360 e. The number of pyridine rings is 2. The van der Waals surface area contributed by atoms with Gasteiger partial charge in [-0.15, -0.1) is 0 Å². The van der Waals surface area contributed by atoms with E-state index in [2.05, 4.69) is 33.5 Å². The highest BCUT2D eigenvalue weighted by atomic mass is 15.2. The first-order chi connectivity index (χ1) is 12.7. The quantitative estimate of drug-likeness (QED) is 0.567. The molecule has 0 aliphatic carbocycles. The van der Waals surface area contributed by atoms with E-state index in [1.807, 2.05) is 55.6 Å². The molecule has 0 saturated carbocycles. The van der Waals surface area contributed by atoms with Gasteiger partial charge in [-0.1, -0.05) is 18.2 Å². The van der Waals surface area contributed by atoms with Gasteiger partial charge in [-0.25, -0.2) is 4.98 Å². The SMILES string of the molecule is Cc1cc(N(C)CCc2ccccn2)n2c(nc3ccccc32)c1C#N. The van der Waals surface area contributed by atoms with Crippen molar-refractivity contribution in [3.63, 3.8) is 0 Å². The summed E-state index contributed by atoms with van der Waals surface area (Å²) in [6, 6.07) is 18.4. The van der Waals surface area contributed by atoms with E-state index >= 15 is 0 Å². The Hall–Kier alpha value is -3.39. The number of rotatable bonds is 4. The second-order valence-electron chi connectivity index (χ2n) is 6.42. The molecule has 0 unspecified atom stereocenters. The number of para-hydroxylation sites is 2. The highest BCUT2D eigenvalue weighted by molar-refractivity contribution is 5.85. The third-order valence-corrected chi connectivity index (χ3v) is 4.69. The molecular weight excluding hydrogens is 322 g/mol. The van der Waals surface area contributed by atoms with Gasteiger partial charge in [0.25, 0.3) is 0 Å². The molecular formula is C21H19N5. The molecule has 0 atom stereocenters. The normalized spacial score (nSPS) is 11.0.